The maximum absolute atomic E-state index is 11.3. The van der Waals surface area contributed by atoms with Crippen LogP contribution in [-0.4, -0.2) is 29.3 Å². The molecular weight excluding hydrogens is 186 g/mol. The van der Waals surface area contributed by atoms with Gasteiger partial charge < -0.3 is 0 Å². The normalized spacial score (nSPS) is 37.1. The number of rotatable bonds is 1. The van der Waals surface area contributed by atoms with Crippen LogP contribution in [0.3, 0.4) is 0 Å². The first kappa shape index (κ1) is 11.1. The van der Waals surface area contributed by atoms with E-state index in [1.807, 2.05) is 0 Å². The average molecular weight is 209 g/mol. The molecule has 0 aromatic carbocycles. The van der Waals surface area contributed by atoms with Crippen LogP contribution in [0.25, 0.3) is 0 Å². The van der Waals surface area contributed by atoms with Gasteiger partial charge in [0.1, 0.15) is 5.78 Å². The summed E-state index contributed by atoms with van der Waals surface area (Å²) in [5, 5.41) is 0. The lowest BCUT2D eigenvalue weighted by Gasteiger charge is -2.38. The van der Waals surface area contributed by atoms with E-state index in [1.54, 1.807) is 0 Å². The summed E-state index contributed by atoms with van der Waals surface area (Å²) in [5.41, 5.74) is 0.520. The lowest BCUT2D eigenvalue weighted by molar-refractivity contribution is -0.123. The number of hydrogen-bond acceptors (Lipinski definition) is 2. The number of ketones is 1. The summed E-state index contributed by atoms with van der Waals surface area (Å²) in [6, 6.07) is 1.22. The second-order valence-corrected chi connectivity index (χ2v) is 6.14. The van der Waals surface area contributed by atoms with Crippen LogP contribution < -0.4 is 0 Å². The Balaban J connectivity index is 1.97. The van der Waals surface area contributed by atoms with Gasteiger partial charge in [-0.1, -0.05) is 13.8 Å². The molecule has 2 nitrogen and oxygen atoms in total. The molecule has 2 heteroatoms. The van der Waals surface area contributed by atoms with E-state index in [9.17, 15) is 4.79 Å². The third-order valence-corrected chi connectivity index (χ3v) is 4.15. The summed E-state index contributed by atoms with van der Waals surface area (Å²) >= 11 is 0. The third-order valence-electron chi connectivity index (χ3n) is 4.15. The van der Waals surface area contributed by atoms with Gasteiger partial charge in [0.05, 0.1) is 0 Å². The van der Waals surface area contributed by atoms with Gasteiger partial charge in [-0.3, -0.25) is 9.69 Å². The largest absolute Gasteiger partial charge is 0.300 e. The Morgan fingerprint density at radius 2 is 2.13 bits per heavy atom. The van der Waals surface area contributed by atoms with Crippen molar-refractivity contribution in [2.24, 2.45) is 5.41 Å². The zero-order valence-electron chi connectivity index (χ0n) is 10.3. The molecule has 0 radical (unpaired) electrons. The lowest BCUT2D eigenvalue weighted by atomic mass is 9.91. The highest BCUT2D eigenvalue weighted by Crippen LogP contribution is 2.40. The Morgan fingerprint density at radius 1 is 1.40 bits per heavy atom. The van der Waals surface area contributed by atoms with Crippen molar-refractivity contribution >= 4 is 5.78 Å². The molecule has 2 unspecified atom stereocenters. The van der Waals surface area contributed by atoms with Crippen LogP contribution in [0.4, 0.5) is 0 Å². The van der Waals surface area contributed by atoms with Gasteiger partial charge in [0, 0.05) is 31.5 Å². The molecule has 0 amide bonds. The molecule has 2 atom stereocenters. The van der Waals surface area contributed by atoms with Crippen LogP contribution >= 0.6 is 0 Å². The average Bonchev–Trinajstić information content (AvgIpc) is 2.46. The van der Waals surface area contributed by atoms with Gasteiger partial charge in [-0.15, -0.1) is 0 Å². The van der Waals surface area contributed by atoms with Crippen molar-refractivity contribution in [3.63, 3.8) is 0 Å². The van der Waals surface area contributed by atoms with Gasteiger partial charge in [0.25, 0.3) is 0 Å². The Hall–Kier alpha value is -0.370. The predicted molar refractivity (Wildman–Crippen MR) is 61.8 cm³/mol. The summed E-state index contributed by atoms with van der Waals surface area (Å²) in [6.07, 6.45) is 5.53. The first-order chi connectivity index (χ1) is 6.98. The SMILES string of the molecule is CC1CC(=O)CCN1C1CCC(C)(C)C1. The highest BCUT2D eigenvalue weighted by atomic mass is 16.1. The number of carbonyl (C=O) groups excluding carboxylic acids is 1. The molecule has 0 bridgehead atoms. The molecule has 15 heavy (non-hydrogen) atoms. The van der Waals surface area contributed by atoms with E-state index in [0.29, 0.717) is 17.2 Å². The monoisotopic (exact) mass is 209 g/mol. The van der Waals surface area contributed by atoms with Crippen LogP contribution in [0.5, 0.6) is 0 Å². The molecule has 2 fully saturated rings. The van der Waals surface area contributed by atoms with Crippen LogP contribution in [-0.2, 0) is 4.79 Å². The standard InChI is InChI=1S/C13H23NO/c1-10-8-12(15)5-7-14(10)11-4-6-13(2,3)9-11/h10-11H,4-9H2,1-3H3. The predicted octanol–water partition coefficient (Wildman–Crippen LogP) is 2.62. The molecule has 0 aromatic rings. The Bertz CT molecular complexity index is 259. The summed E-state index contributed by atoms with van der Waals surface area (Å²) in [5.74, 6) is 0.455. The third kappa shape index (κ3) is 2.41. The second-order valence-electron chi connectivity index (χ2n) is 6.14. The molecule has 1 saturated heterocycles. The van der Waals surface area contributed by atoms with Crippen molar-refractivity contribution in [2.75, 3.05) is 6.54 Å². The number of hydrogen-bond donors (Lipinski definition) is 0. The maximum Gasteiger partial charge on any atom is 0.135 e. The smallest absolute Gasteiger partial charge is 0.135 e. The number of nitrogens with zero attached hydrogens (tertiary/aromatic N) is 1. The zero-order valence-corrected chi connectivity index (χ0v) is 10.3. The maximum atomic E-state index is 11.3. The Morgan fingerprint density at radius 3 is 2.67 bits per heavy atom. The lowest BCUT2D eigenvalue weighted by Crippen LogP contribution is -2.46. The van der Waals surface area contributed by atoms with Crippen LogP contribution in [0.1, 0.15) is 52.9 Å². The van der Waals surface area contributed by atoms with Gasteiger partial charge in [0.15, 0.2) is 0 Å². The number of Topliss-reactive ketones (excluding diaryl/α,β-unsaturated/α-hetero) is 1. The molecule has 1 aliphatic heterocycles. The number of carbonyl (C=O) groups is 1. The molecular formula is C13H23NO. The molecule has 1 saturated carbocycles. The first-order valence-electron chi connectivity index (χ1n) is 6.25. The fraction of sp³-hybridized carbons (Fsp3) is 0.923. The van der Waals surface area contributed by atoms with Crippen molar-refractivity contribution in [2.45, 2.75) is 65.0 Å². The quantitative estimate of drug-likeness (QED) is 0.661. The number of piperidine rings is 1. The van der Waals surface area contributed by atoms with E-state index in [-0.39, 0.29) is 0 Å². The van der Waals surface area contributed by atoms with Crippen molar-refractivity contribution < 1.29 is 4.79 Å². The summed E-state index contributed by atoms with van der Waals surface area (Å²) < 4.78 is 0. The van der Waals surface area contributed by atoms with Crippen molar-refractivity contribution in [3.05, 3.63) is 0 Å². The van der Waals surface area contributed by atoms with Crippen molar-refractivity contribution in [3.8, 4) is 0 Å². The highest BCUT2D eigenvalue weighted by Gasteiger charge is 2.37. The molecule has 0 aromatic heterocycles. The Labute approximate surface area is 93.0 Å². The summed E-state index contributed by atoms with van der Waals surface area (Å²) in [6.45, 7) is 7.95. The summed E-state index contributed by atoms with van der Waals surface area (Å²) in [4.78, 5) is 13.9. The van der Waals surface area contributed by atoms with Crippen molar-refractivity contribution in [1.29, 1.82) is 0 Å². The summed E-state index contributed by atoms with van der Waals surface area (Å²) in [7, 11) is 0. The van der Waals surface area contributed by atoms with E-state index < -0.39 is 0 Å². The van der Waals surface area contributed by atoms with Gasteiger partial charge in [-0.05, 0) is 31.6 Å². The first-order valence-corrected chi connectivity index (χ1v) is 6.25. The molecule has 1 aliphatic carbocycles. The zero-order chi connectivity index (χ0) is 11.1. The van der Waals surface area contributed by atoms with E-state index in [4.69, 9.17) is 0 Å². The van der Waals surface area contributed by atoms with Crippen LogP contribution in [0, 0.1) is 5.41 Å². The molecule has 1 heterocycles. The van der Waals surface area contributed by atoms with E-state index in [0.717, 1.165) is 25.4 Å². The van der Waals surface area contributed by atoms with Gasteiger partial charge >= 0.3 is 0 Å². The van der Waals surface area contributed by atoms with E-state index >= 15 is 0 Å². The fourth-order valence-corrected chi connectivity index (χ4v) is 3.25. The van der Waals surface area contributed by atoms with Crippen LogP contribution in [0.15, 0.2) is 0 Å². The van der Waals surface area contributed by atoms with Gasteiger partial charge in [-0.2, -0.15) is 0 Å². The number of likely N-dealkylation sites (tertiary alicyclic amines) is 1. The van der Waals surface area contributed by atoms with Gasteiger partial charge in [-0.25, -0.2) is 0 Å². The Kier molecular flexibility index (Phi) is 2.89. The topological polar surface area (TPSA) is 20.3 Å². The van der Waals surface area contributed by atoms with Crippen LogP contribution in [0.2, 0.25) is 0 Å². The van der Waals surface area contributed by atoms with Crippen molar-refractivity contribution in [1.82, 2.24) is 4.90 Å². The van der Waals surface area contributed by atoms with E-state index in [1.165, 1.54) is 19.3 Å². The molecule has 86 valence electrons. The highest BCUT2D eigenvalue weighted by molar-refractivity contribution is 5.79. The van der Waals surface area contributed by atoms with E-state index in [2.05, 4.69) is 25.7 Å². The molecule has 2 aliphatic rings. The molecule has 0 N–H and O–H groups in total. The molecule has 0 spiro atoms. The minimum Gasteiger partial charge on any atom is -0.300 e. The second kappa shape index (κ2) is 3.89. The fourth-order valence-electron chi connectivity index (χ4n) is 3.25. The molecule has 2 rings (SSSR count). The minimum absolute atomic E-state index is 0.455. The van der Waals surface area contributed by atoms with Gasteiger partial charge in [0.2, 0.25) is 0 Å². The minimum atomic E-state index is 0.455.